The minimum atomic E-state index is -0.691. The zero-order valence-electron chi connectivity index (χ0n) is 17.0. The number of fused-ring (bicyclic) bond motifs is 1. The molecule has 0 unspecified atom stereocenters. The molecule has 0 bridgehead atoms. The number of carbonyl (C=O) groups excluding carboxylic acids is 1. The van der Waals surface area contributed by atoms with Crippen molar-refractivity contribution in [2.24, 2.45) is 0 Å². The van der Waals surface area contributed by atoms with Gasteiger partial charge in [-0.3, -0.25) is 4.79 Å². The minimum Gasteiger partial charge on any atom is -0.337 e. The number of thioether (sulfide) groups is 1. The van der Waals surface area contributed by atoms with E-state index >= 15 is 0 Å². The fourth-order valence-electron chi connectivity index (χ4n) is 4.12. The standard InChI is InChI=1S/C24H26N4OS/c25-18-24(14-7-2-8-15-24)27-22(29)17-30-23-26-20-11-5-6-12-21(20)28(23)16-13-19-9-3-1-4-10-19/h1,3-6,9-12H,2,7-8,13-17H2,(H,27,29). The topological polar surface area (TPSA) is 70.7 Å². The van der Waals surface area contributed by atoms with Gasteiger partial charge in [0.2, 0.25) is 5.91 Å². The number of benzene rings is 2. The zero-order valence-corrected chi connectivity index (χ0v) is 17.8. The first-order valence-corrected chi connectivity index (χ1v) is 11.5. The summed E-state index contributed by atoms with van der Waals surface area (Å²) in [6.45, 7) is 0.802. The Morgan fingerprint density at radius 3 is 2.60 bits per heavy atom. The van der Waals surface area contributed by atoms with Crippen LogP contribution in [0.15, 0.2) is 59.8 Å². The minimum absolute atomic E-state index is 0.0925. The molecule has 0 spiro atoms. The molecule has 1 aromatic heterocycles. The van der Waals surface area contributed by atoms with Crippen LogP contribution in [0.5, 0.6) is 0 Å². The summed E-state index contributed by atoms with van der Waals surface area (Å²) in [7, 11) is 0. The molecule has 1 saturated carbocycles. The van der Waals surface area contributed by atoms with Crippen LogP contribution in [0.25, 0.3) is 11.0 Å². The number of nitrogens with one attached hydrogen (secondary N) is 1. The lowest BCUT2D eigenvalue weighted by atomic mass is 9.83. The molecule has 154 valence electrons. The first kappa shape index (κ1) is 20.5. The molecule has 0 saturated heterocycles. The van der Waals surface area contributed by atoms with Gasteiger partial charge in [0.1, 0.15) is 5.54 Å². The van der Waals surface area contributed by atoms with Crippen molar-refractivity contribution >= 4 is 28.7 Å². The summed E-state index contributed by atoms with van der Waals surface area (Å²) in [5, 5.41) is 13.5. The maximum atomic E-state index is 12.6. The Morgan fingerprint density at radius 2 is 1.83 bits per heavy atom. The molecule has 5 nitrogen and oxygen atoms in total. The molecule has 4 rings (SSSR count). The quantitative estimate of drug-likeness (QED) is 0.564. The average Bonchev–Trinajstić information content (AvgIpc) is 3.15. The van der Waals surface area contributed by atoms with Crippen molar-refractivity contribution < 1.29 is 4.79 Å². The van der Waals surface area contributed by atoms with Gasteiger partial charge in [0.25, 0.3) is 0 Å². The highest BCUT2D eigenvalue weighted by Gasteiger charge is 2.33. The van der Waals surface area contributed by atoms with E-state index in [0.29, 0.717) is 0 Å². The number of para-hydroxylation sites is 2. The molecule has 6 heteroatoms. The van der Waals surface area contributed by atoms with Crippen molar-refractivity contribution in [2.75, 3.05) is 5.75 Å². The first-order chi connectivity index (χ1) is 14.7. The number of imidazole rings is 1. The molecular formula is C24H26N4OS. The second-order valence-corrected chi connectivity index (χ2v) is 8.80. The Labute approximate surface area is 181 Å². The Hall–Kier alpha value is -2.78. The lowest BCUT2D eigenvalue weighted by Gasteiger charge is -2.31. The molecule has 1 aliphatic carbocycles. The van der Waals surface area contributed by atoms with Crippen molar-refractivity contribution in [3.8, 4) is 6.07 Å². The van der Waals surface area contributed by atoms with Gasteiger partial charge in [0.15, 0.2) is 5.16 Å². The van der Waals surface area contributed by atoms with E-state index in [0.717, 1.165) is 61.3 Å². The summed E-state index contributed by atoms with van der Waals surface area (Å²) < 4.78 is 2.20. The number of rotatable bonds is 7. The maximum absolute atomic E-state index is 12.6. The van der Waals surface area contributed by atoms with Crippen LogP contribution in [0, 0.1) is 11.3 Å². The Bertz CT molecular complexity index is 1050. The lowest BCUT2D eigenvalue weighted by Crippen LogP contribution is -2.49. The predicted molar refractivity (Wildman–Crippen MR) is 120 cm³/mol. The first-order valence-electron chi connectivity index (χ1n) is 10.5. The molecule has 1 heterocycles. The summed E-state index contributed by atoms with van der Waals surface area (Å²) in [6.07, 6.45) is 5.52. The average molecular weight is 419 g/mol. The van der Waals surface area contributed by atoms with Gasteiger partial charge in [-0.1, -0.05) is 73.5 Å². The van der Waals surface area contributed by atoms with Gasteiger partial charge in [-0.2, -0.15) is 5.26 Å². The van der Waals surface area contributed by atoms with Gasteiger partial charge < -0.3 is 9.88 Å². The third kappa shape index (κ3) is 4.68. The third-order valence-electron chi connectivity index (χ3n) is 5.72. The second-order valence-electron chi connectivity index (χ2n) is 7.86. The lowest BCUT2D eigenvalue weighted by molar-refractivity contribution is -0.120. The maximum Gasteiger partial charge on any atom is 0.231 e. The van der Waals surface area contributed by atoms with Crippen LogP contribution in [0.3, 0.4) is 0 Å². The molecule has 3 aromatic rings. The third-order valence-corrected chi connectivity index (χ3v) is 6.70. The number of nitriles is 1. The number of carbonyl (C=O) groups is 1. The fraction of sp³-hybridized carbons (Fsp3) is 0.375. The van der Waals surface area contributed by atoms with E-state index in [1.165, 1.54) is 17.3 Å². The SMILES string of the molecule is N#CC1(NC(=O)CSc2nc3ccccc3n2CCc2ccccc2)CCCCC1. The summed E-state index contributed by atoms with van der Waals surface area (Å²) in [5.74, 6) is 0.170. The fourth-order valence-corrected chi connectivity index (χ4v) is 4.96. The van der Waals surface area contributed by atoms with Crippen LogP contribution in [0.1, 0.15) is 37.7 Å². The Balaban J connectivity index is 1.46. The van der Waals surface area contributed by atoms with E-state index in [4.69, 9.17) is 4.98 Å². The molecule has 1 fully saturated rings. The molecule has 1 amide bonds. The van der Waals surface area contributed by atoms with Crippen LogP contribution in [0.2, 0.25) is 0 Å². The summed E-state index contributed by atoms with van der Waals surface area (Å²) >= 11 is 1.44. The van der Waals surface area contributed by atoms with E-state index in [1.807, 2.05) is 24.3 Å². The Morgan fingerprint density at radius 1 is 1.10 bits per heavy atom. The van der Waals surface area contributed by atoms with Crippen molar-refractivity contribution in [3.05, 3.63) is 60.2 Å². The number of amides is 1. The highest BCUT2D eigenvalue weighted by molar-refractivity contribution is 7.99. The molecule has 1 N–H and O–H groups in total. The molecule has 1 aliphatic rings. The van der Waals surface area contributed by atoms with Crippen molar-refractivity contribution in [3.63, 3.8) is 0 Å². The van der Waals surface area contributed by atoms with Gasteiger partial charge in [-0.25, -0.2) is 4.98 Å². The molecule has 0 atom stereocenters. The van der Waals surface area contributed by atoms with Crippen molar-refractivity contribution in [2.45, 2.75) is 55.8 Å². The van der Waals surface area contributed by atoms with Gasteiger partial charge in [0.05, 0.1) is 22.9 Å². The normalized spacial score (nSPS) is 15.6. The van der Waals surface area contributed by atoms with Gasteiger partial charge >= 0.3 is 0 Å². The highest BCUT2D eigenvalue weighted by Crippen LogP contribution is 2.28. The molecule has 0 radical (unpaired) electrons. The number of hydrogen-bond acceptors (Lipinski definition) is 4. The number of aromatic nitrogens is 2. The molecular weight excluding hydrogens is 392 g/mol. The van der Waals surface area contributed by atoms with Crippen LogP contribution in [0.4, 0.5) is 0 Å². The van der Waals surface area contributed by atoms with E-state index in [2.05, 4.69) is 46.3 Å². The van der Waals surface area contributed by atoms with E-state index in [-0.39, 0.29) is 11.7 Å². The van der Waals surface area contributed by atoms with Gasteiger partial charge in [0, 0.05) is 6.54 Å². The summed E-state index contributed by atoms with van der Waals surface area (Å²) in [6, 6.07) is 20.8. The van der Waals surface area contributed by atoms with Crippen LogP contribution >= 0.6 is 11.8 Å². The molecule has 30 heavy (non-hydrogen) atoms. The summed E-state index contributed by atoms with van der Waals surface area (Å²) in [5.41, 5.74) is 2.60. The van der Waals surface area contributed by atoms with Crippen LogP contribution < -0.4 is 5.32 Å². The van der Waals surface area contributed by atoms with Crippen molar-refractivity contribution in [1.29, 1.82) is 5.26 Å². The van der Waals surface area contributed by atoms with E-state index in [9.17, 15) is 10.1 Å². The second kappa shape index (κ2) is 9.36. The molecule has 2 aromatic carbocycles. The number of aryl methyl sites for hydroxylation is 2. The largest absolute Gasteiger partial charge is 0.337 e. The smallest absolute Gasteiger partial charge is 0.231 e. The Kier molecular flexibility index (Phi) is 6.39. The zero-order chi connectivity index (χ0) is 20.8. The number of nitrogens with zero attached hydrogens (tertiary/aromatic N) is 3. The van der Waals surface area contributed by atoms with Gasteiger partial charge in [-0.05, 0) is 37.0 Å². The molecule has 0 aliphatic heterocycles. The van der Waals surface area contributed by atoms with Crippen LogP contribution in [-0.4, -0.2) is 26.8 Å². The highest BCUT2D eigenvalue weighted by atomic mass is 32.2. The van der Waals surface area contributed by atoms with E-state index < -0.39 is 5.54 Å². The van der Waals surface area contributed by atoms with Gasteiger partial charge in [-0.15, -0.1) is 0 Å². The number of hydrogen-bond donors (Lipinski definition) is 1. The van der Waals surface area contributed by atoms with E-state index in [1.54, 1.807) is 0 Å². The monoisotopic (exact) mass is 418 g/mol. The van der Waals surface area contributed by atoms with Crippen molar-refractivity contribution in [1.82, 2.24) is 14.9 Å². The predicted octanol–water partition coefficient (Wildman–Crippen LogP) is 4.71. The van der Waals surface area contributed by atoms with Crippen LogP contribution in [-0.2, 0) is 17.8 Å². The summed E-state index contributed by atoms with van der Waals surface area (Å²) in [4.78, 5) is 17.4.